The lowest BCUT2D eigenvalue weighted by molar-refractivity contribution is -0.180. The number of pyridine rings is 1. The van der Waals surface area contributed by atoms with Gasteiger partial charge in [0.25, 0.3) is 5.56 Å². The van der Waals surface area contributed by atoms with Crippen LogP contribution in [-0.2, 0) is 5.54 Å². The second-order valence-electron chi connectivity index (χ2n) is 4.83. The van der Waals surface area contributed by atoms with Gasteiger partial charge in [-0.2, -0.15) is 13.2 Å². The second-order valence-corrected chi connectivity index (χ2v) is 4.83. The fourth-order valence-corrected chi connectivity index (χ4v) is 2.47. The molecule has 0 radical (unpaired) electrons. The third-order valence-electron chi connectivity index (χ3n) is 3.64. The van der Waals surface area contributed by atoms with Gasteiger partial charge in [-0.1, -0.05) is 18.2 Å². The van der Waals surface area contributed by atoms with Crippen molar-refractivity contribution < 1.29 is 13.2 Å². The van der Waals surface area contributed by atoms with E-state index in [9.17, 15) is 18.0 Å². The number of fused-ring (bicyclic) bond motifs is 1. The van der Waals surface area contributed by atoms with Gasteiger partial charge in [-0.25, -0.2) is 0 Å². The maximum absolute atomic E-state index is 13.1. The number of nitrogens with two attached hydrogens (primary N) is 1. The van der Waals surface area contributed by atoms with Gasteiger partial charge in [0, 0.05) is 5.39 Å². The Balaban J connectivity index is 2.35. The lowest BCUT2D eigenvalue weighted by Crippen LogP contribution is -2.42. The maximum atomic E-state index is 13.1. The van der Waals surface area contributed by atoms with E-state index in [0.717, 1.165) is 0 Å². The van der Waals surface area contributed by atoms with Gasteiger partial charge in [-0.05, 0) is 30.4 Å². The first-order valence-electron chi connectivity index (χ1n) is 5.84. The standard InChI is InChI=1S/C13H11F3N2O/c14-13(15,16)12(5-6-12)18-10(17)7-8-3-1-2-4-9(8)11(18)19/h1-4,7H,5-6,17H2. The summed E-state index contributed by atoms with van der Waals surface area (Å²) < 4.78 is 40.1. The van der Waals surface area contributed by atoms with Crippen molar-refractivity contribution in [1.82, 2.24) is 4.57 Å². The third kappa shape index (κ3) is 1.55. The second kappa shape index (κ2) is 3.53. The molecule has 1 aromatic heterocycles. The topological polar surface area (TPSA) is 48.0 Å². The van der Waals surface area contributed by atoms with Crippen molar-refractivity contribution in [1.29, 1.82) is 0 Å². The van der Waals surface area contributed by atoms with Crippen molar-refractivity contribution >= 4 is 16.6 Å². The van der Waals surface area contributed by atoms with E-state index in [1.807, 2.05) is 0 Å². The molecule has 3 nitrogen and oxygen atoms in total. The van der Waals surface area contributed by atoms with Crippen LogP contribution in [0.2, 0.25) is 0 Å². The van der Waals surface area contributed by atoms with Gasteiger partial charge in [-0.15, -0.1) is 0 Å². The smallest absolute Gasteiger partial charge is 0.385 e. The Kier molecular flexibility index (Phi) is 2.24. The number of nitrogen functional groups attached to an aromatic ring is 1. The molecule has 0 spiro atoms. The average Bonchev–Trinajstić information content (AvgIpc) is 3.10. The fraction of sp³-hybridized carbons (Fsp3) is 0.308. The molecule has 1 heterocycles. The lowest BCUT2D eigenvalue weighted by Gasteiger charge is -2.24. The molecule has 0 saturated heterocycles. The molecule has 0 atom stereocenters. The first-order valence-corrected chi connectivity index (χ1v) is 5.84. The van der Waals surface area contributed by atoms with Crippen molar-refractivity contribution in [2.75, 3.05) is 5.73 Å². The summed E-state index contributed by atoms with van der Waals surface area (Å²) in [4.78, 5) is 12.3. The molecule has 100 valence electrons. The normalized spacial score (nSPS) is 17.6. The SMILES string of the molecule is Nc1cc2ccccc2c(=O)n1C1(C(F)(F)F)CC1. The van der Waals surface area contributed by atoms with E-state index in [-0.39, 0.29) is 24.0 Å². The zero-order valence-electron chi connectivity index (χ0n) is 9.87. The zero-order valence-corrected chi connectivity index (χ0v) is 9.87. The van der Waals surface area contributed by atoms with Gasteiger partial charge < -0.3 is 5.73 Å². The number of hydrogen-bond donors (Lipinski definition) is 1. The van der Waals surface area contributed by atoms with Crippen molar-refractivity contribution in [3.8, 4) is 0 Å². The summed E-state index contributed by atoms with van der Waals surface area (Å²) in [5, 5.41) is 0.812. The Labute approximate surface area is 106 Å². The Bertz CT molecular complexity index is 714. The highest BCUT2D eigenvalue weighted by atomic mass is 19.4. The van der Waals surface area contributed by atoms with E-state index in [2.05, 4.69) is 0 Å². The highest BCUT2D eigenvalue weighted by Gasteiger charge is 2.65. The zero-order chi connectivity index (χ0) is 13.8. The Morgan fingerprint density at radius 2 is 1.84 bits per heavy atom. The molecule has 2 aromatic rings. The van der Waals surface area contributed by atoms with Crippen LogP contribution < -0.4 is 11.3 Å². The summed E-state index contributed by atoms with van der Waals surface area (Å²) in [6, 6.07) is 7.92. The monoisotopic (exact) mass is 268 g/mol. The molecule has 1 aliphatic rings. The molecule has 2 N–H and O–H groups in total. The third-order valence-corrected chi connectivity index (χ3v) is 3.64. The van der Waals surface area contributed by atoms with Crippen LogP contribution in [0, 0.1) is 0 Å². The van der Waals surface area contributed by atoms with Gasteiger partial charge in [0.15, 0.2) is 0 Å². The maximum Gasteiger partial charge on any atom is 0.412 e. The van der Waals surface area contributed by atoms with E-state index in [0.29, 0.717) is 9.95 Å². The van der Waals surface area contributed by atoms with Crippen molar-refractivity contribution in [3.05, 3.63) is 40.7 Å². The number of nitrogens with zero attached hydrogens (tertiary/aromatic N) is 1. The summed E-state index contributed by atoms with van der Waals surface area (Å²) in [6.07, 6.45) is -4.66. The quantitative estimate of drug-likeness (QED) is 0.864. The largest absolute Gasteiger partial charge is 0.412 e. The Morgan fingerprint density at radius 3 is 2.42 bits per heavy atom. The first-order chi connectivity index (χ1) is 8.87. The van der Waals surface area contributed by atoms with Crippen LogP contribution >= 0.6 is 0 Å². The minimum Gasteiger partial charge on any atom is -0.385 e. The summed E-state index contributed by atoms with van der Waals surface area (Å²) >= 11 is 0. The van der Waals surface area contributed by atoms with E-state index in [1.165, 1.54) is 12.1 Å². The highest BCUT2D eigenvalue weighted by molar-refractivity contribution is 5.83. The van der Waals surface area contributed by atoms with Crippen LogP contribution in [-0.4, -0.2) is 10.7 Å². The molecule has 1 saturated carbocycles. The van der Waals surface area contributed by atoms with Gasteiger partial charge in [-0.3, -0.25) is 9.36 Å². The number of alkyl halides is 3. The first kappa shape index (κ1) is 12.1. The molecule has 1 fully saturated rings. The molecule has 0 unspecified atom stereocenters. The average molecular weight is 268 g/mol. The Morgan fingerprint density at radius 1 is 1.21 bits per heavy atom. The van der Waals surface area contributed by atoms with Crippen LogP contribution in [0.25, 0.3) is 10.8 Å². The number of anilines is 1. The van der Waals surface area contributed by atoms with Crippen LogP contribution in [0.1, 0.15) is 12.8 Å². The van der Waals surface area contributed by atoms with Crippen LogP contribution in [0.3, 0.4) is 0 Å². The summed E-state index contributed by atoms with van der Waals surface area (Å²) in [6.45, 7) is 0. The highest BCUT2D eigenvalue weighted by Crippen LogP contribution is 2.55. The van der Waals surface area contributed by atoms with Crippen molar-refractivity contribution in [3.63, 3.8) is 0 Å². The number of halogens is 3. The number of aromatic nitrogens is 1. The van der Waals surface area contributed by atoms with E-state index < -0.39 is 17.3 Å². The van der Waals surface area contributed by atoms with Crippen molar-refractivity contribution in [2.45, 2.75) is 24.6 Å². The number of hydrogen-bond acceptors (Lipinski definition) is 2. The van der Waals surface area contributed by atoms with Crippen LogP contribution in [0.5, 0.6) is 0 Å². The summed E-state index contributed by atoms with van der Waals surface area (Å²) in [5.41, 5.74) is 2.88. The molecule has 1 aromatic carbocycles. The Hall–Kier alpha value is -1.98. The lowest BCUT2D eigenvalue weighted by atomic mass is 10.1. The summed E-state index contributed by atoms with van der Waals surface area (Å²) in [7, 11) is 0. The van der Waals surface area contributed by atoms with Gasteiger partial charge in [0.1, 0.15) is 11.4 Å². The predicted molar refractivity (Wildman–Crippen MR) is 65.9 cm³/mol. The van der Waals surface area contributed by atoms with Crippen LogP contribution in [0.15, 0.2) is 35.1 Å². The molecular weight excluding hydrogens is 257 g/mol. The fourth-order valence-electron chi connectivity index (χ4n) is 2.47. The molecular formula is C13H11F3N2O. The number of rotatable bonds is 1. The van der Waals surface area contributed by atoms with E-state index in [4.69, 9.17) is 5.73 Å². The van der Waals surface area contributed by atoms with E-state index in [1.54, 1.807) is 18.2 Å². The molecule has 0 bridgehead atoms. The number of benzene rings is 1. The summed E-state index contributed by atoms with van der Waals surface area (Å²) in [5.74, 6) is -0.140. The molecule has 1 aliphatic carbocycles. The molecule has 0 amide bonds. The molecule has 6 heteroatoms. The van der Waals surface area contributed by atoms with Gasteiger partial charge in [0.05, 0.1) is 0 Å². The molecule has 19 heavy (non-hydrogen) atoms. The molecule has 0 aliphatic heterocycles. The molecule has 3 rings (SSSR count). The van der Waals surface area contributed by atoms with Crippen LogP contribution in [0.4, 0.5) is 19.0 Å². The van der Waals surface area contributed by atoms with Gasteiger partial charge in [0.2, 0.25) is 0 Å². The predicted octanol–water partition coefficient (Wildman–Crippen LogP) is 2.64. The van der Waals surface area contributed by atoms with Gasteiger partial charge >= 0.3 is 6.18 Å². The minimum absolute atomic E-state index is 0.0983. The van der Waals surface area contributed by atoms with E-state index >= 15 is 0 Å². The van der Waals surface area contributed by atoms with Crippen molar-refractivity contribution in [2.24, 2.45) is 0 Å². The minimum atomic E-state index is -4.46.